The Hall–Kier alpha value is -2.41. The van der Waals surface area contributed by atoms with E-state index in [9.17, 15) is 9.59 Å². The number of fused-ring (bicyclic) bond motifs is 1. The Bertz CT molecular complexity index is 732. The third kappa shape index (κ3) is 3.56. The second-order valence-electron chi connectivity index (χ2n) is 6.20. The Morgan fingerprint density at radius 2 is 2.08 bits per heavy atom. The van der Waals surface area contributed by atoms with Gasteiger partial charge in [0.25, 0.3) is 5.91 Å². The third-order valence-corrected chi connectivity index (χ3v) is 4.13. The first-order valence-corrected chi connectivity index (χ1v) is 8.18. The molecule has 0 bridgehead atoms. The second kappa shape index (κ2) is 7.00. The summed E-state index contributed by atoms with van der Waals surface area (Å²) in [6.07, 6.45) is 2.01. The molecule has 0 spiro atoms. The number of nitrogens with one attached hydrogen (secondary N) is 2. The predicted octanol–water partition coefficient (Wildman–Crippen LogP) is 1.32. The number of aromatic nitrogens is 2. The highest BCUT2D eigenvalue weighted by atomic mass is 16.5. The van der Waals surface area contributed by atoms with Gasteiger partial charge in [-0.2, -0.15) is 5.10 Å². The van der Waals surface area contributed by atoms with Crippen molar-refractivity contribution in [3.63, 3.8) is 0 Å². The van der Waals surface area contributed by atoms with Gasteiger partial charge in [-0.05, 0) is 26.0 Å². The first kappa shape index (κ1) is 16.4. The smallest absolute Gasteiger partial charge is 0.252 e. The molecule has 7 nitrogen and oxygen atoms in total. The lowest BCUT2D eigenvalue weighted by molar-refractivity contribution is -0.143. The molecule has 0 unspecified atom stereocenters. The van der Waals surface area contributed by atoms with Crippen molar-refractivity contribution in [1.82, 2.24) is 20.4 Å². The molecular formula is C17H22N4O3. The lowest BCUT2D eigenvalue weighted by Gasteiger charge is -2.35. The van der Waals surface area contributed by atoms with Gasteiger partial charge < -0.3 is 15.0 Å². The Morgan fingerprint density at radius 1 is 1.33 bits per heavy atom. The van der Waals surface area contributed by atoms with Crippen LogP contribution in [0.4, 0.5) is 0 Å². The van der Waals surface area contributed by atoms with Crippen LogP contribution in [-0.2, 0) is 9.53 Å². The first-order chi connectivity index (χ1) is 11.5. The number of morpholine rings is 1. The Morgan fingerprint density at radius 3 is 2.83 bits per heavy atom. The van der Waals surface area contributed by atoms with Crippen LogP contribution in [0.5, 0.6) is 0 Å². The maximum Gasteiger partial charge on any atom is 0.252 e. The fraction of sp³-hybridized carbons (Fsp3) is 0.471. The van der Waals surface area contributed by atoms with Gasteiger partial charge in [0.2, 0.25) is 5.91 Å². The standard InChI is InChI=1S/C17H22N4O3/c1-11-9-21(10-12(2)24-11)16(22)6-7-18-17(23)13-4-3-5-15-14(13)8-19-20-15/h3-5,8,11-12H,6-7,9-10H2,1-2H3,(H,18,23)(H,19,20)/t11-,12+. The fourth-order valence-corrected chi connectivity index (χ4v) is 3.08. The number of carbonyl (C=O) groups is 2. The van der Waals surface area contributed by atoms with Crippen molar-refractivity contribution in [2.45, 2.75) is 32.5 Å². The van der Waals surface area contributed by atoms with E-state index in [4.69, 9.17) is 4.74 Å². The van der Waals surface area contributed by atoms with Crippen molar-refractivity contribution in [2.75, 3.05) is 19.6 Å². The van der Waals surface area contributed by atoms with Crippen LogP contribution in [0.25, 0.3) is 10.9 Å². The van der Waals surface area contributed by atoms with E-state index in [1.54, 1.807) is 18.3 Å². The molecule has 128 valence electrons. The molecule has 1 aliphatic rings. The highest BCUT2D eigenvalue weighted by Gasteiger charge is 2.25. The number of rotatable bonds is 4. The van der Waals surface area contributed by atoms with Crippen LogP contribution in [0.1, 0.15) is 30.6 Å². The second-order valence-corrected chi connectivity index (χ2v) is 6.20. The number of amides is 2. The molecule has 2 aromatic rings. The van der Waals surface area contributed by atoms with Crippen LogP contribution in [0.15, 0.2) is 24.4 Å². The highest BCUT2D eigenvalue weighted by Crippen LogP contribution is 2.16. The van der Waals surface area contributed by atoms with Gasteiger partial charge in [-0.3, -0.25) is 14.7 Å². The average Bonchev–Trinajstić information content (AvgIpc) is 3.02. The number of hydrogen-bond donors (Lipinski definition) is 2. The van der Waals surface area contributed by atoms with Crippen molar-refractivity contribution in [2.24, 2.45) is 0 Å². The minimum Gasteiger partial charge on any atom is -0.372 e. The van der Waals surface area contributed by atoms with Crippen molar-refractivity contribution < 1.29 is 14.3 Å². The predicted molar refractivity (Wildman–Crippen MR) is 89.6 cm³/mol. The summed E-state index contributed by atoms with van der Waals surface area (Å²) in [6, 6.07) is 5.42. The van der Waals surface area contributed by atoms with E-state index in [2.05, 4.69) is 15.5 Å². The maximum absolute atomic E-state index is 12.3. The third-order valence-electron chi connectivity index (χ3n) is 4.13. The van der Waals surface area contributed by atoms with Gasteiger partial charge >= 0.3 is 0 Å². The summed E-state index contributed by atoms with van der Waals surface area (Å²) in [4.78, 5) is 26.4. The van der Waals surface area contributed by atoms with Crippen molar-refractivity contribution >= 4 is 22.7 Å². The Kier molecular flexibility index (Phi) is 4.80. The van der Waals surface area contributed by atoms with Gasteiger partial charge in [0.15, 0.2) is 0 Å². The van der Waals surface area contributed by atoms with Crippen molar-refractivity contribution in [1.29, 1.82) is 0 Å². The summed E-state index contributed by atoms with van der Waals surface area (Å²) in [6.45, 7) is 5.44. The molecule has 24 heavy (non-hydrogen) atoms. The quantitative estimate of drug-likeness (QED) is 0.885. The Balaban J connectivity index is 1.53. The molecule has 1 aromatic heterocycles. The normalized spacial score (nSPS) is 21.0. The van der Waals surface area contributed by atoms with Gasteiger partial charge in [-0.25, -0.2) is 0 Å². The van der Waals surface area contributed by atoms with E-state index in [-0.39, 0.29) is 30.4 Å². The summed E-state index contributed by atoms with van der Waals surface area (Å²) in [5.74, 6) is -0.155. The van der Waals surface area contributed by atoms with Crippen LogP contribution in [0.3, 0.4) is 0 Å². The monoisotopic (exact) mass is 330 g/mol. The van der Waals surface area contributed by atoms with Gasteiger partial charge in [0.1, 0.15) is 0 Å². The van der Waals surface area contributed by atoms with Crippen molar-refractivity contribution in [3.8, 4) is 0 Å². The van der Waals surface area contributed by atoms with Crippen LogP contribution in [0.2, 0.25) is 0 Å². The molecule has 0 saturated carbocycles. The topological polar surface area (TPSA) is 87.3 Å². The van der Waals surface area contributed by atoms with Crippen LogP contribution in [0, 0.1) is 0 Å². The molecule has 7 heteroatoms. The molecule has 1 aromatic carbocycles. The molecule has 0 aliphatic carbocycles. The minimum atomic E-state index is -0.196. The summed E-state index contributed by atoms with van der Waals surface area (Å²) < 4.78 is 5.63. The molecule has 2 N–H and O–H groups in total. The molecule has 1 aliphatic heterocycles. The van der Waals surface area contributed by atoms with E-state index in [1.165, 1.54) is 0 Å². The molecule has 2 amide bonds. The van der Waals surface area contributed by atoms with Crippen LogP contribution >= 0.6 is 0 Å². The highest BCUT2D eigenvalue weighted by molar-refractivity contribution is 6.06. The molecule has 0 radical (unpaired) electrons. The van der Waals surface area contributed by atoms with Gasteiger partial charge in [0, 0.05) is 31.4 Å². The fourth-order valence-electron chi connectivity index (χ4n) is 3.08. The van der Waals surface area contributed by atoms with Gasteiger partial charge in [0.05, 0.1) is 29.5 Å². The largest absolute Gasteiger partial charge is 0.372 e. The molecule has 1 saturated heterocycles. The van der Waals surface area contributed by atoms with Crippen molar-refractivity contribution in [3.05, 3.63) is 30.0 Å². The van der Waals surface area contributed by atoms with E-state index in [1.807, 2.05) is 24.8 Å². The molecule has 2 atom stereocenters. The number of ether oxygens (including phenoxy) is 1. The molecule has 2 heterocycles. The number of aromatic amines is 1. The van der Waals surface area contributed by atoms with Crippen LogP contribution < -0.4 is 5.32 Å². The molecule has 3 rings (SSSR count). The van der Waals surface area contributed by atoms with Crippen LogP contribution in [-0.4, -0.2) is 58.8 Å². The number of H-pyrrole nitrogens is 1. The van der Waals surface area contributed by atoms with Gasteiger partial charge in [-0.15, -0.1) is 0 Å². The minimum absolute atomic E-state index is 0.0406. The lowest BCUT2D eigenvalue weighted by Crippen LogP contribution is -2.48. The number of hydrogen-bond acceptors (Lipinski definition) is 4. The summed E-state index contributed by atoms with van der Waals surface area (Å²) in [5.41, 5.74) is 1.37. The van der Waals surface area contributed by atoms with Gasteiger partial charge in [-0.1, -0.05) is 6.07 Å². The maximum atomic E-state index is 12.3. The number of nitrogens with zero attached hydrogens (tertiary/aromatic N) is 2. The summed E-state index contributed by atoms with van der Waals surface area (Å²) in [7, 11) is 0. The zero-order chi connectivity index (χ0) is 17.1. The zero-order valence-corrected chi connectivity index (χ0v) is 13.9. The van der Waals surface area contributed by atoms with E-state index >= 15 is 0 Å². The summed E-state index contributed by atoms with van der Waals surface area (Å²) in [5, 5.41) is 10.4. The summed E-state index contributed by atoms with van der Waals surface area (Å²) >= 11 is 0. The Labute approximate surface area is 140 Å². The molecule has 1 fully saturated rings. The molecular weight excluding hydrogens is 308 g/mol. The van der Waals surface area contributed by atoms with E-state index < -0.39 is 0 Å². The SMILES string of the molecule is C[C@@H]1CN(C(=O)CCNC(=O)c2cccc3[nH]ncc23)C[C@H](C)O1. The van der Waals surface area contributed by atoms with E-state index in [0.29, 0.717) is 25.2 Å². The average molecular weight is 330 g/mol. The lowest BCUT2D eigenvalue weighted by atomic mass is 10.1. The first-order valence-electron chi connectivity index (χ1n) is 8.18. The van der Waals surface area contributed by atoms with E-state index in [0.717, 1.165) is 10.9 Å². The number of benzene rings is 1. The zero-order valence-electron chi connectivity index (χ0n) is 13.9. The number of carbonyl (C=O) groups excluding carboxylic acids is 2.